The van der Waals surface area contributed by atoms with E-state index in [0.717, 1.165) is 44.6 Å². The highest BCUT2D eigenvalue weighted by molar-refractivity contribution is 5.94. The van der Waals surface area contributed by atoms with Gasteiger partial charge in [-0.25, -0.2) is 0 Å². The van der Waals surface area contributed by atoms with Crippen molar-refractivity contribution >= 4 is 11.8 Å². The summed E-state index contributed by atoms with van der Waals surface area (Å²) in [5.41, 5.74) is 0.398. The number of rotatable bonds is 2. The lowest BCUT2D eigenvalue weighted by Gasteiger charge is -2.43. The van der Waals surface area contributed by atoms with E-state index in [9.17, 15) is 9.59 Å². The predicted molar refractivity (Wildman–Crippen MR) is 93.8 cm³/mol. The van der Waals surface area contributed by atoms with E-state index < -0.39 is 0 Å². The molecule has 1 aromatic carbocycles. The fourth-order valence-electron chi connectivity index (χ4n) is 3.57. The minimum Gasteiger partial charge on any atom is -0.340 e. The van der Waals surface area contributed by atoms with Gasteiger partial charge in [0.25, 0.3) is 5.91 Å². The van der Waals surface area contributed by atoms with E-state index in [1.54, 1.807) is 0 Å². The van der Waals surface area contributed by atoms with Crippen LogP contribution in [0.5, 0.6) is 0 Å². The van der Waals surface area contributed by atoms with Crippen LogP contribution in [-0.2, 0) is 4.79 Å². The standard InChI is InChI=1S/C19H27N3O2/c1-19(18(24)22-14-12-20(2)13-15-22)8-10-21(11-9-19)17(23)16-6-4-3-5-7-16/h3-7H,8-15H2,1-2H3. The summed E-state index contributed by atoms with van der Waals surface area (Å²) in [5, 5.41) is 0. The summed E-state index contributed by atoms with van der Waals surface area (Å²) in [4.78, 5) is 31.6. The second-order valence-corrected chi connectivity index (χ2v) is 7.31. The summed E-state index contributed by atoms with van der Waals surface area (Å²) in [7, 11) is 2.09. The highest BCUT2D eigenvalue weighted by Gasteiger charge is 2.41. The number of benzene rings is 1. The molecule has 130 valence electrons. The van der Waals surface area contributed by atoms with Crippen LogP contribution < -0.4 is 0 Å². The van der Waals surface area contributed by atoms with Gasteiger partial charge >= 0.3 is 0 Å². The molecule has 2 amide bonds. The van der Waals surface area contributed by atoms with Crippen LogP contribution in [0.3, 0.4) is 0 Å². The smallest absolute Gasteiger partial charge is 0.253 e. The molecule has 0 aliphatic carbocycles. The molecule has 2 aliphatic heterocycles. The molecule has 1 aromatic rings. The van der Waals surface area contributed by atoms with Crippen LogP contribution in [0, 0.1) is 5.41 Å². The van der Waals surface area contributed by atoms with Gasteiger partial charge < -0.3 is 14.7 Å². The number of carbonyl (C=O) groups is 2. The molecule has 0 saturated carbocycles. The summed E-state index contributed by atoms with van der Waals surface area (Å²) in [5.74, 6) is 0.340. The van der Waals surface area contributed by atoms with E-state index in [1.807, 2.05) is 40.1 Å². The molecule has 2 saturated heterocycles. The maximum Gasteiger partial charge on any atom is 0.253 e. The number of nitrogens with zero attached hydrogens (tertiary/aromatic N) is 3. The Morgan fingerprint density at radius 2 is 1.46 bits per heavy atom. The van der Waals surface area contributed by atoms with E-state index in [1.165, 1.54) is 0 Å². The van der Waals surface area contributed by atoms with Crippen LogP contribution in [0.15, 0.2) is 30.3 Å². The van der Waals surface area contributed by atoms with Gasteiger partial charge in [-0.15, -0.1) is 0 Å². The second kappa shape index (κ2) is 6.93. The first kappa shape index (κ1) is 17.0. The highest BCUT2D eigenvalue weighted by atomic mass is 16.2. The molecular weight excluding hydrogens is 302 g/mol. The first-order valence-electron chi connectivity index (χ1n) is 8.82. The number of likely N-dealkylation sites (tertiary alicyclic amines) is 1. The molecule has 0 unspecified atom stereocenters. The summed E-state index contributed by atoms with van der Waals surface area (Å²) >= 11 is 0. The average molecular weight is 329 g/mol. The maximum absolute atomic E-state index is 12.9. The lowest BCUT2D eigenvalue weighted by atomic mass is 9.78. The number of hydrogen-bond acceptors (Lipinski definition) is 3. The molecule has 24 heavy (non-hydrogen) atoms. The minimum atomic E-state index is -0.330. The summed E-state index contributed by atoms with van der Waals surface area (Å²) < 4.78 is 0. The largest absolute Gasteiger partial charge is 0.340 e. The molecule has 2 heterocycles. The van der Waals surface area contributed by atoms with Crippen LogP contribution in [0.25, 0.3) is 0 Å². The second-order valence-electron chi connectivity index (χ2n) is 7.31. The van der Waals surface area contributed by atoms with Gasteiger partial charge in [0.05, 0.1) is 0 Å². The summed E-state index contributed by atoms with van der Waals surface area (Å²) in [6, 6.07) is 9.40. The molecule has 5 heteroatoms. The number of hydrogen-bond donors (Lipinski definition) is 0. The number of carbonyl (C=O) groups excluding carboxylic acids is 2. The third-order valence-electron chi connectivity index (χ3n) is 5.48. The van der Waals surface area contributed by atoms with Crippen molar-refractivity contribution in [3.8, 4) is 0 Å². The lowest BCUT2D eigenvalue weighted by molar-refractivity contribution is -0.145. The van der Waals surface area contributed by atoms with Crippen molar-refractivity contribution in [2.75, 3.05) is 46.3 Å². The zero-order valence-corrected chi connectivity index (χ0v) is 14.7. The molecule has 0 atom stereocenters. The predicted octanol–water partition coefficient (Wildman–Crippen LogP) is 1.70. The zero-order valence-electron chi connectivity index (χ0n) is 14.7. The number of piperazine rings is 1. The van der Waals surface area contributed by atoms with Crippen molar-refractivity contribution in [1.82, 2.24) is 14.7 Å². The van der Waals surface area contributed by atoms with Crippen LogP contribution in [0.1, 0.15) is 30.1 Å². The topological polar surface area (TPSA) is 43.9 Å². The molecule has 0 radical (unpaired) electrons. The van der Waals surface area contributed by atoms with Gasteiger partial charge in [0.15, 0.2) is 0 Å². The Hall–Kier alpha value is -1.88. The van der Waals surface area contributed by atoms with Gasteiger partial charge in [0, 0.05) is 50.2 Å². The fraction of sp³-hybridized carbons (Fsp3) is 0.579. The van der Waals surface area contributed by atoms with Gasteiger partial charge in [0.1, 0.15) is 0 Å². The van der Waals surface area contributed by atoms with Crippen LogP contribution >= 0.6 is 0 Å². The molecular formula is C19H27N3O2. The van der Waals surface area contributed by atoms with Crippen molar-refractivity contribution in [3.05, 3.63) is 35.9 Å². The lowest BCUT2D eigenvalue weighted by Crippen LogP contribution is -2.54. The molecule has 0 bridgehead atoms. The minimum absolute atomic E-state index is 0.0738. The van der Waals surface area contributed by atoms with Crippen molar-refractivity contribution < 1.29 is 9.59 Å². The summed E-state index contributed by atoms with van der Waals surface area (Å²) in [6.07, 6.45) is 1.49. The van der Waals surface area contributed by atoms with Gasteiger partial charge in [-0.05, 0) is 32.0 Å². The van der Waals surface area contributed by atoms with E-state index in [-0.39, 0.29) is 17.2 Å². The van der Waals surface area contributed by atoms with Gasteiger partial charge in [-0.1, -0.05) is 25.1 Å². The molecule has 2 aliphatic rings. The van der Waals surface area contributed by atoms with Crippen LogP contribution in [0.2, 0.25) is 0 Å². The van der Waals surface area contributed by atoms with E-state index in [0.29, 0.717) is 13.1 Å². The Bertz CT molecular complexity index is 586. The average Bonchev–Trinajstić information content (AvgIpc) is 2.62. The van der Waals surface area contributed by atoms with Gasteiger partial charge in [-0.2, -0.15) is 0 Å². The van der Waals surface area contributed by atoms with Crippen molar-refractivity contribution in [1.29, 1.82) is 0 Å². The number of amides is 2. The van der Waals surface area contributed by atoms with Crippen molar-refractivity contribution in [3.63, 3.8) is 0 Å². The fourth-order valence-corrected chi connectivity index (χ4v) is 3.57. The van der Waals surface area contributed by atoms with Crippen molar-refractivity contribution in [2.45, 2.75) is 19.8 Å². The molecule has 5 nitrogen and oxygen atoms in total. The SMILES string of the molecule is CN1CCN(C(=O)C2(C)CCN(C(=O)c3ccccc3)CC2)CC1. The summed E-state index contributed by atoms with van der Waals surface area (Å²) in [6.45, 7) is 6.90. The normalized spacial score (nSPS) is 21.6. The Morgan fingerprint density at radius 1 is 0.875 bits per heavy atom. The Balaban J connectivity index is 1.59. The zero-order chi connectivity index (χ0) is 17.2. The first-order chi connectivity index (χ1) is 11.5. The van der Waals surface area contributed by atoms with E-state index in [4.69, 9.17) is 0 Å². The van der Waals surface area contributed by atoms with Crippen LogP contribution in [0.4, 0.5) is 0 Å². The third kappa shape index (κ3) is 3.46. The van der Waals surface area contributed by atoms with E-state index in [2.05, 4.69) is 18.9 Å². The van der Waals surface area contributed by atoms with Gasteiger partial charge in [0.2, 0.25) is 5.91 Å². The highest BCUT2D eigenvalue weighted by Crippen LogP contribution is 2.33. The molecule has 2 fully saturated rings. The monoisotopic (exact) mass is 329 g/mol. The van der Waals surface area contributed by atoms with Gasteiger partial charge in [-0.3, -0.25) is 9.59 Å². The van der Waals surface area contributed by atoms with Crippen molar-refractivity contribution in [2.24, 2.45) is 5.41 Å². The Labute approximate surface area is 144 Å². The molecule has 3 rings (SSSR count). The number of likely N-dealkylation sites (N-methyl/N-ethyl adjacent to an activating group) is 1. The van der Waals surface area contributed by atoms with E-state index >= 15 is 0 Å². The maximum atomic E-state index is 12.9. The molecule has 0 aromatic heterocycles. The van der Waals surface area contributed by atoms with Crippen LogP contribution in [-0.4, -0.2) is 72.8 Å². The quantitative estimate of drug-likeness (QED) is 0.829. The Kier molecular flexibility index (Phi) is 4.90. The molecule has 0 N–H and O–H groups in total. The first-order valence-corrected chi connectivity index (χ1v) is 8.82. The molecule has 0 spiro atoms. The third-order valence-corrected chi connectivity index (χ3v) is 5.48. The number of piperidine rings is 1. The Morgan fingerprint density at radius 3 is 2.04 bits per heavy atom.